The van der Waals surface area contributed by atoms with Gasteiger partial charge in [-0.25, -0.2) is 9.97 Å². The van der Waals surface area contributed by atoms with Gasteiger partial charge in [0.05, 0.1) is 0 Å². The Morgan fingerprint density at radius 1 is 1.29 bits per heavy atom. The van der Waals surface area contributed by atoms with Crippen LogP contribution in [0.3, 0.4) is 0 Å². The summed E-state index contributed by atoms with van der Waals surface area (Å²) in [6.07, 6.45) is 5.35. The van der Waals surface area contributed by atoms with Crippen molar-refractivity contribution in [3.05, 3.63) is 30.2 Å². The van der Waals surface area contributed by atoms with E-state index in [4.69, 9.17) is 0 Å². The molecule has 8 heteroatoms. The SMILES string of the molecule is Cc1cc(N2CCC[C@H](c3ncn[nH]3)C2)n2ncnc2n1. The van der Waals surface area contributed by atoms with Gasteiger partial charge in [-0.1, -0.05) is 0 Å². The first kappa shape index (κ1) is 12.2. The number of fused-ring (bicyclic) bond motifs is 1. The molecule has 0 saturated carbocycles. The third-order valence-corrected chi connectivity index (χ3v) is 3.93. The predicted octanol–water partition coefficient (Wildman–Crippen LogP) is 0.935. The Labute approximate surface area is 121 Å². The number of aromatic nitrogens is 7. The molecule has 0 bridgehead atoms. The van der Waals surface area contributed by atoms with Crippen molar-refractivity contribution in [3.63, 3.8) is 0 Å². The number of aromatic amines is 1. The minimum absolute atomic E-state index is 0.369. The fourth-order valence-electron chi connectivity index (χ4n) is 2.96. The summed E-state index contributed by atoms with van der Waals surface area (Å²) >= 11 is 0. The Bertz CT molecular complexity index is 747. The Hall–Kier alpha value is -2.51. The van der Waals surface area contributed by atoms with E-state index in [1.54, 1.807) is 17.2 Å². The maximum Gasteiger partial charge on any atom is 0.254 e. The molecule has 0 amide bonds. The van der Waals surface area contributed by atoms with Gasteiger partial charge in [0.25, 0.3) is 5.78 Å². The van der Waals surface area contributed by atoms with Gasteiger partial charge in [-0.3, -0.25) is 5.10 Å². The largest absolute Gasteiger partial charge is 0.356 e. The fraction of sp³-hybridized carbons (Fsp3) is 0.462. The molecule has 0 aromatic carbocycles. The highest BCUT2D eigenvalue weighted by molar-refractivity contribution is 5.47. The van der Waals surface area contributed by atoms with Crippen molar-refractivity contribution in [1.82, 2.24) is 34.8 Å². The van der Waals surface area contributed by atoms with Gasteiger partial charge >= 0.3 is 0 Å². The van der Waals surface area contributed by atoms with Gasteiger partial charge in [0.2, 0.25) is 0 Å². The highest BCUT2D eigenvalue weighted by Gasteiger charge is 2.25. The van der Waals surface area contributed by atoms with E-state index in [-0.39, 0.29) is 0 Å². The van der Waals surface area contributed by atoms with E-state index in [0.717, 1.165) is 43.3 Å². The average Bonchev–Trinajstić information content (AvgIpc) is 3.17. The van der Waals surface area contributed by atoms with Crippen LogP contribution in [-0.2, 0) is 0 Å². The molecule has 3 aromatic rings. The predicted molar refractivity (Wildman–Crippen MR) is 76.1 cm³/mol. The Morgan fingerprint density at radius 2 is 2.24 bits per heavy atom. The van der Waals surface area contributed by atoms with Crippen LogP contribution in [0.1, 0.15) is 30.3 Å². The Balaban J connectivity index is 1.70. The number of nitrogens with zero attached hydrogens (tertiary/aromatic N) is 7. The quantitative estimate of drug-likeness (QED) is 0.753. The van der Waals surface area contributed by atoms with E-state index in [2.05, 4.69) is 41.2 Å². The topological polar surface area (TPSA) is 87.9 Å². The number of hydrogen-bond donors (Lipinski definition) is 1. The number of piperidine rings is 1. The Kier molecular flexibility index (Phi) is 2.80. The molecule has 3 aromatic heterocycles. The van der Waals surface area contributed by atoms with Crippen LogP contribution < -0.4 is 4.90 Å². The van der Waals surface area contributed by atoms with Crippen molar-refractivity contribution in [2.24, 2.45) is 0 Å². The molecular formula is C13H16N8. The highest BCUT2D eigenvalue weighted by atomic mass is 15.4. The number of H-pyrrole nitrogens is 1. The van der Waals surface area contributed by atoms with Crippen LogP contribution in [0.15, 0.2) is 18.7 Å². The number of nitrogens with one attached hydrogen (secondary N) is 1. The summed E-state index contributed by atoms with van der Waals surface area (Å²) in [6, 6.07) is 2.06. The minimum atomic E-state index is 0.369. The molecule has 1 aliphatic rings. The van der Waals surface area contributed by atoms with E-state index >= 15 is 0 Å². The molecule has 1 N–H and O–H groups in total. The molecule has 1 fully saturated rings. The van der Waals surface area contributed by atoms with Crippen LogP contribution in [0.25, 0.3) is 5.78 Å². The standard InChI is InChI=1S/C13H16N8/c1-9-5-11(21-13(18-9)15-8-17-21)20-4-2-3-10(6-20)12-14-7-16-19-12/h5,7-8,10H,2-4,6H2,1H3,(H,14,16,19)/t10-/m0/s1. The lowest BCUT2D eigenvalue weighted by Crippen LogP contribution is -2.36. The van der Waals surface area contributed by atoms with Gasteiger partial charge < -0.3 is 4.90 Å². The van der Waals surface area contributed by atoms with E-state index in [0.29, 0.717) is 11.7 Å². The summed E-state index contributed by atoms with van der Waals surface area (Å²) in [4.78, 5) is 15.2. The van der Waals surface area contributed by atoms with Crippen molar-refractivity contribution in [3.8, 4) is 0 Å². The van der Waals surface area contributed by atoms with Crippen LogP contribution in [-0.4, -0.2) is 47.9 Å². The first-order valence-corrected chi connectivity index (χ1v) is 7.09. The number of anilines is 1. The van der Waals surface area contributed by atoms with Crippen LogP contribution in [0.5, 0.6) is 0 Å². The maximum atomic E-state index is 4.39. The molecule has 4 rings (SSSR count). The summed E-state index contributed by atoms with van der Waals surface area (Å²) in [6.45, 7) is 3.88. The molecule has 4 heterocycles. The first-order chi connectivity index (χ1) is 10.3. The van der Waals surface area contributed by atoms with Gasteiger partial charge in [-0.05, 0) is 19.8 Å². The third-order valence-electron chi connectivity index (χ3n) is 3.93. The summed E-state index contributed by atoms with van der Waals surface area (Å²) in [5, 5.41) is 11.2. The van der Waals surface area contributed by atoms with Crippen LogP contribution in [0.4, 0.5) is 5.82 Å². The normalized spacial score (nSPS) is 19.3. The molecule has 108 valence electrons. The van der Waals surface area contributed by atoms with Gasteiger partial charge in [-0.15, -0.1) is 0 Å². The van der Waals surface area contributed by atoms with E-state index < -0.39 is 0 Å². The highest BCUT2D eigenvalue weighted by Crippen LogP contribution is 2.28. The van der Waals surface area contributed by atoms with Gasteiger partial charge in [-0.2, -0.15) is 19.7 Å². The van der Waals surface area contributed by atoms with Gasteiger partial charge in [0.15, 0.2) is 0 Å². The third kappa shape index (κ3) is 2.12. The van der Waals surface area contributed by atoms with Gasteiger partial charge in [0, 0.05) is 30.8 Å². The zero-order valence-electron chi connectivity index (χ0n) is 11.8. The van der Waals surface area contributed by atoms with Crippen molar-refractivity contribution in [2.45, 2.75) is 25.7 Å². The molecule has 0 aliphatic carbocycles. The van der Waals surface area contributed by atoms with Crippen molar-refractivity contribution < 1.29 is 0 Å². The molecular weight excluding hydrogens is 268 g/mol. The molecule has 1 aliphatic heterocycles. The molecule has 0 radical (unpaired) electrons. The average molecular weight is 284 g/mol. The molecule has 0 spiro atoms. The minimum Gasteiger partial charge on any atom is -0.356 e. The fourth-order valence-corrected chi connectivity index (χ4v) is 2.96. The summed E-state index contributed by atoms with van der Waals surface area (Å²) in [7, 11) is 0. The summed E-state index contributed by atoms with van der Waals surface area (Å²) in [5.41, 5.74) is 0.951. The Morgan fingerprint density at radius 3 is 3.10 bits per heavy atom. The summed E-state index contributed by atoms with van der Waals surface area (Å²) < 4.78 is 1.80. The number of hydrogen-bond acceptors (Lipinski definition) is 6. The zero-order valence-corrected chi connectivity index (χ0v) is 11.8. The monoisotopic (exact) mass is 284 g/mol. The molecule has 21 heavy (non-hydrogen) atoms. The van der Waals surface area contributed by atoms with E-state index in [1.807, 2.05) is 6.92 Å². The smallest absolute Gasteiger partial charge is 0.254 e. The molecule has 8 nitrogen and oxygen atoms in total. The van der Waals surface area contributed by atoms with Crippen LogP contribution >= 0.6 is 0 Å². The molecule has 0 unspecified atom stereocenters. The second-order valence-electron chi connectivity index (χ2n) is 5.38. The molecule has 1 saturated heterocycles. The second-order valence-corrected chi connectivity index (χ2v) is 5.38. The van der Waals surface area contributed by atoms with Crippen LogP contribution in [0.2, 0.25) is 0 Å². The van der Waals surface area contributed by atoms with E-state index in [9.17, 15) is 0 Å². The number of aryl methyl sites for hydroxylation is 1. The number of rotatable bonds is 2. The van der Waals surface area contributed by atoms with Crippen molar-refractivity contribution in [1.29, 1.82) is 0 Å². The lowest BCUT2D eigenvalue weighted by molar-refractivity contribution is 0.487. The maximum absolute atomic E-state index is 4.39. The van der Waals surface area contributed by atoms with Gasteiger partial charge in [0.1, 0.15) is 24.3 Å². The van der Waals surface area contributed by atoms with Crippen molar-refractivity contribution in [2.75, 3.05) is 18.0 Å². The molecule has 1 atom stereocenters. The van der Waals surface area contributed by atoms with Crippen LogP contribution in [0, 0.1) is 6.92 Å². The lowest BCUT2D eigenvalue weighted by Gasteiger charge is -2.33. The first-order valence-electron chi connectivity index (χ1n) is 7.09. The second kappa shape index (κ2) is 4.80. The van der Waals surface area contributed by atoms with Crippen molar-refractivity contribution >= 4 is 11.6 Å². The van der Waals surface area contributed by atoms with E-state index in [1.165, 1.54) is 0 Å². The summed E-state index contributed by atoms with van der Waals surface area (Å²) in [5.74, 6) is 3.01. The lowest BCUT2D eigenvalue weighted by atomic mass is 9.97. The zero-order chi connectivity index (χ0) is 14.2.